The lowest BCUT2D eigenvalue weighted by molar-refractivity contribution is 0.288. The molecule has 1 rings (SSSR count). The van der Waals surface area contributed by atoms with Crippen molar-refractivity contribution in [2.45, 2.75) is 45.4 Å². The number of hydrogen-bond donors (Lipinski definition) is 0. The molecule has 1 fully saturated rings. The van der Waals surface area contributed by atoms with Crippen LogP contribution in [0.5, 0.6) is 0 Å². The minimum absolute atomic E-state index is 0.454. The molecular formula is C11H17. The maximum atomic E-state index is 7.15. The van der Waals surface area contributed by atoms with Crippen LogP contribution in [0.25, 0.3) is 0 Å². The Balaban J connectivity index is 2.38. The van der Waals surface area contributed by atoms with Crippen LogP contribution in [0.1, 0.15) is 45.4 Å². The van der Waals surface area contributed by atoms with Gasteiger partial charge in [0.05, 0.1) is 0 Å². The Labute approximate surface area is 70.4 Å². The Morgan fingerprint density at radius 2 is 2.00 bits per heavy atom. The summed E-state index contributed by atoms with van der Waals surface area (Å²) in [6.07, 6.45) is 15.1. The highest BCUT2D eigenvalue weighted by atomic mass is 14.2. The summed E-state index contributed by atoms with van der Waals surface area (Å²) in [5.41, 5.74) is 0. The molecule has 0 spiro atoms. The minimum atomic E-state index is 0.454. The first kappa shape index (κ1) is 8.65. The highest BCUT2D eigenvalue weighted by molar-refractivity contribution is 4.91. The second-order valence-corrected chi connectivity index (χ2v) is 3.56. The fourth-order valence-electron chi connectivity index (χ4n) is 2.09. The van der Waals surface area contributed by atoms with Gasteiger partial charge in [-0.05, 0) is 31.6 Å². The zero-order valence-electron chi connectivity index (χ0n) is 7.40. The average molecular weight is 149 g/mol. The second-order valence-electron chi connectivity index (χ2n) is 3.56. The minimum Gasteiger partial charge on any atom is -0.0854 e. The van der Waals surface area contributed by atoms with E-state index in [9.17, 15) is 0 Å². The van der Waals surface area contributed by atoms with Crippen LogP contribution in [0.3, 0.4) is 0 Å². The molecule has 1 unspecified atom stereocenters. The molecule has 0 aromatic heterocycles. The van der Waals surface area contributed by atoms with E-state index in [1.807, 2.05) is 0 Å². The van der Waals surface area contributed by atoms with Crippen molar-refractivity contribution in [2.24, 2.45) is 11.8 Å². The van der Waals surface area contributed by atoms with Gasteiger partial charge in [0.2, 0.25) is 0 Å². The van der Waals surface area contributed by atoms with Gasteiger partial charge in [-0.2, -0.15) is 0 Å². The van der Waals surface area contributed by atoms with Gasteiger partial charge >= 0.3 is 0 Å². The second kappa shape index (κ2) is 4.44. The van der Waals surface area contributed by atoms with Crippen molar-refractivity contribution in [1.29, 1.82) is 0 Å². The van der Waals surface area contributed by atoms with Gasteiger partial charge in [0.1, 0.15) is 0 Å². The highest BCUT2D eigenvalue weighted by Crippen LogP contribution is 2.30. The third kappa shape index (κ3) is 2.26. The van der Waals surface area contributed by atoms with Gasteiger partial charge in [0.15, 0.2) is 0 Å². The lowest BCUT2D eigenvalue weighted by Gasteiger charge is -2.25. The van der Waals surface area contributed by atoms with Crippen LogP contribution in [0.15, 0.2) is 0 Å². The zero-order chi connectivity index (χ0) is 8.10. The molecule has 1 aliphatic carbocycles. The summed E-state index contributed by atoms with van der Waals surface area (Å²) >= 11 is 0. The first-order chi connectivity index (χ1) is 5.38. The van der Waals surface area contributed by atoms with Crippen molar-refractivity contribution in [3.63, 3.8) is 0 Å². The molecule has 1 saturated carbocycles. The van der Waals surface area contributed by atoms with E-state index in [4.69, 9.17) is 6.42 Å². The molecule has 61 valence electrons. The van der Waals surface area contributed by atoms with Gasteiger partial charge in [0.25, 0.3) is 0 Å². The molecule has 0 amide bonds. The zero-order valence-corrected chi connectivity index (χ0v) is 7.40. The lowest BCUT2D eigenvalue weighted by atomic mass is 9.79. The Morgan fingerprint density at radius 1 is 1.36 bits per heavy atom. The van der Waals surface area contributed by atoms with Crippen molar-refractivity contribution in [2.75, 3.05) is 0 Å². The maximum Gasteiger partial charge on any atom is 0.0238 e. The van der Waals surface area contributed by atoms with Crippen LogP contribution in [0.4, 0.5) is 0 Å². The summed E-state index contributed by atoms with van der Waals surface area (Å²) in [6, 6.07) is 0. The molecule has 0 bridgehead atoms. The summed E-state index contributed by atoms with van der Waals surface area (Å²) in [5.74, 6) is 3.91. The van der Waals surface area contributed by atoms with Crippen molar-refractivity contribution in [1.82, 2.24) is 0 Å². The number of hydrogen-bond acceptors (Lipinski definition) is 0. The molecule has 0 heteroatoms. The molecule has 0 aromatic carbocycles. The van der Waals surface area contributed by atoms with E-state index in [-0.39, 0.29) is 0 Å². The molecule has 1 aliphatic rings. The smallest absolute Gasteiger partial charge is 0.0238 e. The Morgan fingerprint density at radius 3 is 2.45 bits per heavy atom. The molecule has 0 aromatic rings. The van der Waals surface area contributed by atoms with Gasteiger partial charge in [0, 0.05) is 5.92 Å². The monoisotopic (exact) mass is 149 g/mol. The summed E-state index contributed by atoms with van der Waals surface area (Å²) < 4.78 is 0. The van der Waals surface area contributed by atoms with Crippen LogP contribution >= 0.6 is 0 Å². The van der Waals surface area contributed by atoms with Gasteiger partial charge < -0.3 is 0 Å². The molecule has 1 radical (unpaired) electrons. The summed E-state index contributed by atoms with van der Waals surface area (Å²) in [6.45, 7) is 2.17. The third-order valence-corrected chi connectivity index (χ3v) is 2.84. The summed E-state index contributed by atoms with van der Waals surface area (Å²) in [4.78, 5) is 0. The molecule has 0 heterocycles. The summed E-state index contributed by atoms with van der Waals surface area (Å²) in [7, 11) is 0. The normalized spacial score (nSPS) is 22.5. The fraction of sp³-hybridized carbons (Fsp3) is 0.818. The van der Waals surface area contributed by atoms with E-state index < -0.39 is 0 Å². The Hall–Kier alpha value is -0.440. The quantitative estimate of drug-likeness (QED) is 0.529. The number of rotatable bonds is 2. The lowest BCUT2D eigenvalue weighted by Crippen LogP contribution is -2.15. The largest absolute Gasteiger partial charge is 0.0854 e. The van der Waals surface area contributed by atoms with E-state index in [1.54, 1.807) is 0 Å². The molecule has 0 saturated heterocycles. The van der Waals surface area contributed by atoms with Crippen LogP contribution in [0.2, 0.25) is 0 Å². The Bertz CT molecular complexity index is 135. The first-order valence-electron chi connectivity index (χ1n) is 4.80. The topological polar surface area (TPSA) is 0 Å². The molecule has 11 heavy (non-hydrogen) atoms. The van der Waals surface area contributed by atoms with Crippen LogP contribution in [-0.4, -0.2) is 0 Å². The van der Waals surface area contributed by atoms with E-state index >= 15 is 0 Å². The molecule has 0 N–H and O–H groups in total. The average Bonchev–Trinajstić information content (AvgIpc) is 2.09. The molecule has 1 atom stereocenters. The highest BCUT2D eigenvalue weighted by Gasteiger charge is 2.19. The van der Waals surface area contributed by atoms with Crippen LogP contribution in [-0.2, 0) is 0 Å². The van der Waals surface area contributed by atoms with Gasteiger partial charge in [-0.1, -0.05) is 32.1 Å². The van der Waals surface area contributed by atoms with Crippen molar-refractivity contribution in [3.8, 4) is 5.92 Å². The summed E-state index contributed by atoms with van der Waals surface area (Å²) in [5, 5.41) is 0. The van der Waals surface area contributed by atoms with Crippen LogP contribution in [0, 0.1) is 24.2 Å². The Kier molecular flexibility index (Phi) is 3.49. The van der Waals surface area contributed by atoms with Gasteiger partial charge in [-0.3, -0.25) is 0 Å². The van der Waals surface area contributed by atoms with E-state index in [0.717, 1.165) is 12.3 Å². The van der Waals surface area contributed by atoms with Crippen LogP contribution < -0.4 is 0 Å². The van der Waals surface area contributed by atoms with E-state index in [2.05, 4.69) is 12.8 Å². The third-order valence-electron chi connectivity index (χ3n) is 2.84. The standard InChI is InChI=1S/C11H17/c1-3-10(4-2)11-8-6-5-7-9-11/h10-11H,3,5-9H2,1H3. The van der Waals surface area contributed by atoms with Crippen molar-refractivity contribution in [3.05, 3.63) is 6.42 Å². The SMILES string of the molecule is [C]#CC(CC)C1CCCCC1. The van der Waals surface area contributed by atoms with Gasteiger partial charge in [-0.15, -0.1) is 0 Å². The van der Waals surface area contributed by atoms with Crippen molar-refractivity contribution < 1.29 is 0 Å². The molecule has 0 nitrogen and oxygen atoms in total. The fourth-order valence-corrected chi connectivity index (χ4v) is 2.09. The maximum absolute atomic E-state index is 7.15. The molecular weight excluding hydrogens is 132 g/mol. The predicted octanol–water partition coefficient (Wildman–Crippen LogP) is 3.18. The first-order valence-corrected chi connectivity index (χ1v) is 4.80. The van der Waals surface area contributed by atoms with Crippen molar-refractivity contribution >= 4 is 0 Å². The van der Waals surface area contributed by atoms with E-state index in [1.165, 1.54) is 32.1 Å². The predicted molar refractivity (Wildman–Crippen MR) is 47.5 cm³/mol. The van der Waals surface area contributed by atoms with E-state index in [0.29, 0.717) is 5.92 Å². The molecule has 0 aliphatic heterocycles. The van der Waals surface area contributed by atoms with Gasteiger partial charge in [-0.25, -0.2) is 0 Å².